The molecule has 0 aromatic carbocycles. The Morgan fingerprint density at radius 3 is 1.76 bits per heavy atom. The molecule has 0 saturated heterocycles. The Kier molecular flexibility index (Phi) is 9.18. The lowest BCUT2D eigenvalue weighted by Crippen LogP contribution is -2.52. The summed E-state index contributed by atoms with van der Waals surface area (Å²) >= 11 is 0. The highest BCUT2D eigenvalue weighted by Crippen LogP contribution is 1.94. The van der Waals surface area contributed by atoms with E-state index in [0.29, 0.717) is 0 Å². The fourth-order valence-corrected chi connectivity index (χ4v) is 1.49. The van der Waals surface area contributed by atoms with Gasteiger partial charge < -0.3 is 37.0 Å². The molecule has 3 amide bonds. The lowest BCUT2D eigenvalue weighted by molar-refractivity contribution is -0.141. The molecule has 0 aliphatic carbocycles. The Bertz CT molecular complexity index is 563. The van der Waals surface area contributed by atoms with Gasteiger partial charge >= 0.3 is 17.9 Å². The molecular weight excluding hydrogens is 344 g/mol. The topological polar surface area (TPSA) is 225 Å². The average Bonchev–Trinajstić information content (AvgIpc) is 2.48. The van der Waals surface area contributed by atoms with E-state index in [1.165, 1.54) is 0 Å². The number of aliphatic carboxylic acids is 3. The van der Waals surface area contributed by atoms with Crippen LogP contribution in [0.3, 0.4) is 0 Å². The van der Waals surface area contributed by atoms with Crippen molar-refractivity contribution in [2.45, 2.75) is 24.9 Å². The SMILES string of the molecule is NC(CC(=O)O)C(=O)NCC(=O)NC(CC(=O)O)C(=O)NCC(=O)O. The first-order valence-corrected chi connectivity index (χ1v) is 6.78. The molecule has 0 fully saturated rings. The van der Waals surface area contributed by atoms with Crippen molar-refractivity contribution in [1.29, 1.82) is 0 Å². The number of nitrogens with two attached hydrogens (primary N) is 1. The number of hydrogen-bond acceptors (Lipinski definition) is 7. The molecule has 13 nitrogen and oxygen atoms in total. The monoisotopic (exact) mass is 362 g/mol. The normalized spacial score (nSPS) is 12.4. The number of carbonyl (C=O) groups excluding carboxylic acids is 3. The molecule has 0 saturated carbocycles. The lowest BCUT2D eigenvalue weighted by atomic mass is 10.2. The van der Waals surface area contributed by atoms with E-state index in [9.17, 15) is 28.8 Å². The third-order valence-electron chi connectivity index (χ3n) is 2.60. The second-order valence-corrected chi connectivity index (χ2v) is 4.75. The van der Waals surface area contributed by atoms with Crippen molar-refractivity contribution in [2.75, 3.05) is 13.1 Å². The molecule has 0 heterocycles. The van der Waals surface area contributed by atoms with Crippen molar-refractivity contribution in [3.05, 3.63) is 0 Å². The van der Waals surface area contributed by atoms with Crippen molar-refractivity contribution in [3.63, 3.8) is 0 Å². The molecule has 8 N–H and O–H groups in total. The van der Waals surface area contributed by atoms with Crippen LogP contribution in [0.2, 0.25) is 0 Å². The van der Waals surface area contributed by atoms with Gasteiger partial charge in [-0.15, -0.1) is 0 Å². The second-order valence-electron chi connectivity index (χ2n) is 4.75. The fraction of sp³-hybridized carbons (Fsp3) is 0.500. The van der Waals surface area contributed by atoms with Crippen LogP contribution in [0.5, 0.6) is 0 Å². The minimum atomic E-state index is -1.56. The van der Waals surface area contributed by atoms with E-state index in [0.717, 1.165) is 0 Å². The minimum absolute atomic E-state index is 0.660. The van der Waals surface area contributed by atoms with E-state index in [2.05, 4.69) is 0 Å². The van der Waals surface area contributed by atoms with Crippen LogP contribution in [-0.2, 0) is 28.8 Å². The van der Waals surface area contributed by atoms with Gasteiger partial charge in [0.1, 0.15) is 12.6 Å². The first-order valence-electron chi connectivity index (χ1n) is 6.78. The van der Waals surface area contributed by atoms with E-state index in [1.807, 2.05) is 16.0 Å². The number of hydrogen-bond donors (Lipinski definition) is 7. The smallest absolute Gasteiger partial charge is 0.322 e. The van der Waals surface area contributed by atoms with Gasteiger partial charge in [0.15, 0.2) is 0 Å². The first-order chi connectivity index (χ1) is 11.5. The molecule has 0 aliphatic rings. The van der Waals surface area contributed by atoms with Crippen LogP contribution < -0.4 is 21.7 Å². The van der Waals surface area contributed by atoms with Gasteiger partial charge in [0.05, 0.1) is 25.4 Å². The predicted octanol–water partition coefficient (Wildman–Crippen LogP) is -3.94. The predicted molar refractivity (Wildman–Crippen MR) is 78.1 cm³/mol. The average molecular weight is 362 g/mol. The molecule has 2 atom stereocenters. The van der Waals surface area contributed by atoms with Gasteiger partial charge in [-0.2, -0.15) is 0 Å². The summed E-state index contributed by atoms with van der Waals surface area (Å²) in [5.41, 5.74) is 5.27. The third kappa shape index (κ3) is 10.2. The maximum Gasteiger partial charge on any atom is 0.322 e. The van der Waals surface area contributed by atoms with Crippen molar-refractivity contribution in [1.82, 2.24) is 16.0 Å². The van der Waals surface area contributed by atoms with Crippen LogP contribution in [0.15, 0.2) is 0 Å². The van der Waals surface area contributed by atoms with E-state index in [1.54, 1.807) is 0 Å². The van der Waals surface area contributed by atoms with E-state index in [-0.39, 0.29) is 0 Å². The molecule has 13 heteroatoms. The van der Waals surface area contributed by atoms with Crippen molar-refractivity contribution >= 4 is 35.6 Å². The zero-order valence-corrected chi connectivity index (χ0v) is 12.9. The number of rotatable bonds is 11. The molecule has 0 aromatic rings. The standard InChI is InChI=1S/C12H18N4O9/c13-5(1-8(18)19)11(24)14-3-7(17)16-6(2-9(20)21)12(25)15-4-10(22)23/h5-6H,1-4,13H2,(H,14,24)(H,15,25)(H,16,17)(H,18,19)(H,20,21)(H,22,23). The summed E-state index contributed by atoms with van der Waals surface area (Å²) in [6.07, 6.45) is -1.48. The highest BCUT2D eigenvalue weighted by atomic mass is 16.4. The summed E-state index contributed by atoms with van der Waals surface area (Å²) < 4.78 is 0. The van der Waals surface area contributed by atoms with Crippen LogP contribution in [0, 0.1) is 0 Å². The van der Waals surface area contributed by atoms with Crippen LogP contribution in [0.1, 0.15) is 12.8 Å². The van der Waals surface area contributed by atoms with E-state index in [4.69, 9.17) is 21.1 Å². The summed E-state index contributed by atoms with van der Waals surface area (Å²) in [6, 6.07) is -2.95. The molecule has 25 heavy (non-hydrogen) atoms. The van der Waals surface area contributed by atoms with Crippen LogP contribution >= 0.6 is 0 Å². The van der Waals surface area contributed by atoms with Crippen LogP contribution in [-0.4, -0.2) is 76.1 Å². The maximum atomic E-state index is 11.7. The summed E-state index contributed by atoms with van der Waals surface area (Å²) in [6.45, 7) is -1.46. The number of amides is 3. The van der Waals surface area contributed by atoms with E-state index >= 15 is 0 Å². The van der Waals surface area contributed by atoms with Crippen molar-refractivity contribution in [3.8, 4) is 0 Å². The number of carbonyl (C=O) groups is 6. The Morgan fingerprint density at radius 2 is 1.28 bits per heavy atom. The summed E-state index contributed by atoms with van der Waals surface area (Å²) in [4.78, 5) is 66.2. The quantitative estimate of drug-likeness (QED) is 0.189. The second kappa shape index (κ2) is 10.5. The van der Waals surface area contributed by atoms with Crippen LogP contribution in [0.25, 0.3) is 0 Å². The fourth-order valence-electron chi connectivity index (χ4n) is 1.49. The van der Waals surface area contributed by atoms with Gasteiger partial charge in [0.25, 0.3) is 0 Å². The molecule has 0 aliphatic heterocycles. The number of nitrogens with one attached hydrogen (secondary N) is 3. The molecule has 0 rings (SSSR count). The molecule has 0 spiro atoms. The Balaban J connectivity index is 4.58. The first kappa shape index (κ1) is 21.8. The maximum absolute atomic E-state index is 11.7. The Morgan fingerprint density at radius 1 is 0.760 bits per heavy atom. The molecule has 0 bridgehead atoms. The summed E-state index contributed by atoms with van der Waals surface area (Å²) in [5, 5.41) is 31.6. The lowest BCUT2D eigenvalue weighted by Gasteiger charge is -2.17. The molecule has 140 valence electrons. The van der Waals surface area contributed by atoms with Crippen LogP contribution in [0.4, 0.5) is 0 Å². The summed E-state index contributed by atoms with van der Waals surface area (Å²) in [5.74, 6) is -7.03. The zero-order chi connectivity index (χ0) is 19.6. The van der Waals surface area contributed by atoms with Gasteiger partial charge in [0, 0.05) is 0 Å². The summed E-state index contributed by atoms with van der Waals surface area (Å²) in [7, 11) is 0. The van der Waals surface area contributed by atoms with E-state index < -0.39 is 73.6 Å². The molecular formula is C12H18N4O9. The largest absolute Gasteiger partial charge is 0.481 e. The highest BCUT2D eigenvalue weighted by molar-refractivity contribution is 5.94. The Hall–Kier alpha value is -3.22. The third-order valence-corrected chi connectivity index (χ3v) is 2.60. The number of carboxylic acids is 3. The van der Waals surface area contributed by atoms with Gasteiger partial charge in [-0.25, -0.2) is 0 Å². The van der Waals surface area contributed by atoms with Crippen molar-refractivity contribution in [2.24, 2.45) is 5.73 Å². The zero-order valence-electron chi connectivity index (χ0n) is 12.9. The minimum Gasteiger partial charge on any atom is -0.481 e. The molecule has 0 radical (unpaired) electrons. The van der Waals surface area contributed by atoms with Gasteiger partial charge in [0.2, 0.25) is 17.7 Å². The molecule has 2 unspecified atom stereocenters. The van der Waals surface area contributed by atoms with Crippen molar-refractivity contribution < 1.29 is 44.1 Å². The number of carboxylic acid groups (broad SMARTS) is 3. The Labute approximate surface area is 140 Å². The molecule has 0 aromatic heterocycles. The van der Waals surface area contributed by atoms with Gasteiger partial charge in [-0.05, 0) is 0 Å². The highest BCUT2D eigenvalue weighted by Gasteiger charge is 2.24. The van der Waals surface area contributed by atoms with Gasteiger partial charge in [-0.1, -0.05) is 0 Å². The van der Waals surface area contributed by atoms with Gasteiger partial charge in [-0.3, -0.25) is 28.8 Å².